The number of carbonyl (C=O) groups is 1. The Morgan fingerprint density at radius 3 is 2.78 bits per heavy atom. The Bertz CT molecular complexity index is 819. The lowest BCUT2D eigenvalue weighted by Crippen LogP contribution is -2.11. The molecule has 3 nitrogen and oxygen atoms in total. The SMILES string of the molecule is CCOC(=O)CC(c1cccc(C)c1)c1c[nH]c2ccccc12. The number of hydrogen-bond acceptors (Lipinski definition) is 2. The number of hydrogen-bond donors (Lipinski definition) is 1. The van der Waals surface area contributed by atoms with Crippen molar-refractivity contribution in [3.8, 4) is 0 Å². The molecule has 3 rings (SSSR count). The second-order valence-corrected chi connectivity index (χ2v) is 5.77. The molecule has 0 aliphatic rings. The van der Waals surface area contributed by atoms with E-state index >= 15 is 0 Å². The maximum absolute atomic E-state index is 12.1. The minimum atomic E-state index is -0.163. The molecule has 118 valence electrons. The van der Waals surface area contributed by atoms with Gasteiger partial charge in [0.25, 0.3) is 0 Å². The number of aromatic amines is 1. The smallest absolute Gasteiger partial charge is 0.306 e. The number of ether oxygens (including phenoxy) is 1. The standard InChI is InChI=1S/C20H21NO2/c1-3-23-20(22)12-17(15-8-6-7-14(2)11-15)18-13-21-19-10-5-4-9-16(18)19/h4-11,13,17,21H,3,12H2,1-2H3. The van der Waals surface area contributed by atoms with Crippen molar-refractivity contribution >= 4 is 16.9 Å². The van der Waals surface area contributed by atoms with Crippen LogP contribution in [0.1, 0.15) is 36.0 Å². The summed E-state index contributed by atoms with van der Waals surface area (Å²) < 4.78 is 5.19. The number of fused-ring (bicyclic) bond motifs is 1. The van der Waals surface area contributed by atoms with Crippen molar-refractivity contribution in [3.05, 3.63) is 71.4 Å². The van der Waals surface area contributed by atoms with Crippen LogP contribution in [0.4, 0.5) is 0 Å². The molecule has 0 radical (unpaired) electrons. The highest BCUT2D eigenvalue weighted by Crippen LogP contribution is 2.34. The molecule has 0 aliphatic heterocycles. The molecule has 0 bridgehead atoms. The molecule has 0 saturated carbocycles. The summed E-state index contributed by atoms with van der Waals surface area (Å²) in [5.41, 5.74) is 4.56. The summed E-state index contributed by atoms with van der Waals surface area (Å²) in [4.78, 5) is 15.4. The average molecular weight is 307 g/mol. The van der Waals surface area contributed by atoms with E-state index in [2.05, 4.69) is 42.2 Å². The molecular weight excluding hydrogens is 286 g/mol. The summed E-state index contributed by atoms with van der Waals surface area (Å²) in [6, 6.07) is 16.5. The monoisotopic (exact) mass is 307 g/mol. The zero-order valence-electron chi connectivity index (χ0n) is 13.5. The van der Waals surface area contributed by atoms with Gasteiger partial charge in [-0.2, -0.15) is 0 Å². The fraction of sp³-hybridized carbons (Fsp3) is 0.250. The van der Waals surface area contributed by atoms with Gasteiger partial charge in [0.1, 0.15) is 0 Å². The van der Waals surface area contributed by atoms with E-state index in [1.165, 1.54) is 5.56 Å². The van der Waals surface area contributed by atoms with Gasteiger partial charge in [-0.15, -0.1) is 0 Å². The van der Waals surface area contributed by atoms with Gasteiger partial charge in [0.15, 0.2) is 0 Å². The third-order valence-corrected chi connectivity index (χ3v) is 4.12. The molecule has 1 atom stereocenters. The van der Waals surface area contributed by atoms with Crippen molar-refractivity contribution < 1.29 is 9.53 Å². The van der Waals surface area contributed by atoms with Crippen LogP contribution in [0, 0.1) is 6.92 Å². The molecule has 3 heteroatoms. The minimum Gasteiger partial charge on any atom is -0.466 e. The van der Waals surface area contributed by atoms with Crippen molar-refractivity contribution in [1.29, 1.82) is 0 Å². The van der Waals surface area contributed by atoms with Crippen LogP contribution in [0.15, 0.2) is 54.7 Å². The molecule has 0 spiro atoms. The second kappa shape index (κ2) is 6.69. The van der Waals surface area contributed by atoms with Crippen molar-refractivity contribution in [2.45, 2.75) is 26.2 Å². The molecule has 2 aromatic carbocycles. The second-order valence-electron chi connectivity index (χ2n) is 5.77. The van der Waals surface area contributed by atoms with Crippen LogP contribution in [-0.2, 0) is 9.53 Å². The minimum absolute atomic E-state index is 0.00917. The average Bonchev–Trinajstić information content (AvgIpc) is 2.97. The molecule has 1 unspecified atom stereocenters. The number of esters is 1. The van der Waals surface area contributed by atoms with Gasteiger partial charge in [0.05, 0.1) is 13.0 Å². The number of carbonyl (C=O) groups excluding carboxylic acids is 1. The maximum atomic E-state index is 12.1. The van der Waals surface area contributed by atoms with Crippen LogP contribution in [-0.4, -0.2) is 17.6 Å². The van der Waals surface area contributed by atoms with Crippen molar-refractivity contribution in [2.24, 2.45) is 0 Å². The van der Waals surface area contributed by atoms with Crippen LogP contribution < -0.4 is 0 Å². The molecular formula is C20H21NO2. The summed E-state index contributed by atoms with van der Waals surface area (Å²) in [5, 5.41) is 1.16. The summed E-state index contributed by atoms with van der Waals surface area (Å²) >= 11 is 0. The van der Waals surface area contributed by atoms with E-state index in [0.717, 1.165) is 22.0 Å². The Kier molecular flexibility index (Phi) is 4.47. The lowest BCUT2D eigenvalue weighted by atomic mass is 9.87. The van der Waals surface area contributed by atoms with Crippen LogP contribution in [0.3, 0.4) is 0 Å². The highest BCUT2D eigenvalue weighted by Gasteiger charge is 2.22. The van der Waals surface area contributed by atoms with E-state index in [-0.39, 0.29) is 11.9 Å². The first-order valence-corrected chi connectivity index (χ1v) is 7.97. The van der Waals surface area contributed by atoms with Gasteiger partial charge in [-0.05, 0) is 31.0 Å². The largest absolute Gasteiger partial charge is 0.466 e. The Hall–Kier alpha value is -2.55. The molecule has 0 aliphatic carbocycles. The zero-order chi connectivity index (χ0) is 16.2. The fourth-order valence-electron chi connectivity index (χ4n) is 3.06. The van der Waals surface area contributed by atoms with Gasteiger partial charge in [-0.3, -0.25) is 4.79 Å². The molecule has 0 fully saturated rings. The van der Waals surface area contributed by atoms with Crippen LogP contribution >= 0.6 is 0 Å². The first kappa shape index (κ1) is 15.3. The van der Waals surface area contributed by atoms with Gasteiger partial charge in [0, 0.05) is 23.0 Å². The summed E-state index contributed by atoms with van der Waals surface area (Å²) in [6.07, 6.45) is 2.36. The summed E-state index contributed by atoms with van der Waals surface area (Å²) in [7, 11) is 0. The maximum Gasteiger partial charge on any atom is 0.306 e. The number of aromatic nitrogens is 1. The first-order chi connectivity index (χ1) is 11.2. The van der Waals surface area contributed by atoms with Crippen molar-refractivity contribution in [1.82, 2.24) is 4.98 Å². The van der Waals surface area contributed by atoms with E-state index in [0.29, 0.717) is 13.0 Å². The Morgan fingerprint density at radius 2 is 2.00 bits per heavy atom. The fourth-order valence-corrected chi connectivity index (χ4v) is 3.06. The van der Waals surface area contributed by atoms with E-state index in [4.69, 9.17) is 4.74 Å². The van der Waals surface area contributed by atoms with Crippen molar-refractivity contribution in [2.75, 3.05) is 6.61 Å². The summed E-state index contributed by atoms with van der Waals surface area (Å²) in [6.45, 7) is 4.32. The number of aryl methyl sites for hydroxylation is 1. The Balaban J connectivity index is 2.06. The van der Waals surface area contributed by atoms with E-state index < -0.39 is 0 Å². The van der Waals surface area contributed by atoms with Crippen LogP contribution in [0.2, 0.25) is 0 Å². The predicted molar refractivity (Wildman–Crippen MR) is 92.6 cm³/mol. The third-order valence-electron chi connectivity index (χ3n) is 4.12. The van der Waals surface area contributed by atoms with E-state index in [1.54, 1.807) is 0 Å². The lowest BCUT2D eigenvalue weighted by Gasteiger charge is -2.17. The van der Waals surface area contributed by atoms with Crippen LogP contribution in [0.25, 0.3) is 10.9 Å². The van der Waals surface area contributed by atoms with Gasteiger partial charge in [-0.1, -0.05) is 48.0 Å². The molecule has 3 aromatic rings. The molecule has 1 aromatic heterocycles. The Labute approximate surface area is 136 Å². The number of nitrogens with one attached hydrogen (secondary N) is 1. The van der Waals surface area contributed by atoms with Gasteiger partial charge >= 0.3 is 5.97 Å². The van der Waals surface area contributed by atoms with Gasteiger partial charge in [-0.25, -0.2) is 0 Å². The number of H-pyrrole nitrogens is 1. The first-order valence-electron chi connectivity index (χ1n) is 7.97. The summed E-state index contributed by atoms with van der Waals surface area (Å²) in [5.74, 6) is -0.172. The van der Waals surface area contributed by atoms with E-state index in [9.17, 15) is 4.79 Å². The topological polar surface area (TPSA) is 42.1 Å². The van der Waals surface area contributed by atoms with Gasteiger partial charge < -0.3 is 9.72 Å². The van der Waals surface area contributed by atoms with Crippen LogP contribution in [0.5, 0.6) is 0 Å². The highest BCUT2D eigenvalue weighted by atomic mass is 16.5. The van der Waals surface area contributed by atoms with E-state index in [1.807, 2.05) is 31.3 Å². The third kappa shape index (κ3) is 3.29. The lowest BCUT2D eigenvalue weighted by molar-refractivity contribution is -0.143. The molecule has 0 amide bonds. The Morgan fingerprint density at radius 1 is 1.17 bits per heavy atom. The highest BCUT2D eigenvalue weighted by molar-refractivity contribution is 5.85. The number of para-hydroxylation sites is 1. The van der Waals surface area contributed by atoms with Crippen molar-refractivity contribution in [3.63, 3.8) is 0 Å². The van der Waals surface area contributed by atoms with Gasteiger partial charge in [0.2, 0.25) is 0 Å². The quantitative estimate of drug-likeness (QED) is 0.702. The molecule has 1 N–H and O–H groups in total. The normalized spacial score (nSPS) is 12.3. The number of benzene rings is 2. The number of rotatable bonds is 5. The molecule has 1 heterocycles. The predicted octanol–water partition coefficient (Wildman–Crippen LogP) is 4.56. The zero-order valence-corrected chi connectivity index (χ0v) is 13.5. The molecule has 0 saturated heterocycles. The molecule has 23 heavy (non-hydrogen) atoms.